The quantitative estimate of drug-likeness (QED) is 0.547. The summed E-state index contributed by atoms with van der Waals surface area (Å²) in [5, 5.41) is 0. The lowest BCUT2D eigenvalue weighted by Crippen LogP contribution is -1.92. The van der Waals surface area contributed by atoms with Gasteiger partial charge in [0.2, 0.25) is 0 Å². The number of rotatable bonds is 2. The highest BCUT2D eigenvalue weighted by molar-refractivity contribution is 5.29. The first-order valence-corrected chi connectivity index (χ1v) is 4.14. The summed E-state index contributed by atoms with van der Waals surface area (Å²) >= 11 is 0. The van der Waals surface area contributed by atoms with Crippen LogP contribution in [0.4, 0.5) is 0 Å². The topological polar surface area (TPSA) is 0 Å². The molecule has 0 spiro atoms. The van der Waals surface area contributed by atoms with E-state index in [9.17, 15) is 0 Å². The van der Waals surface area contributed by atoms with Crippen molar-refractivity contribution in [3.05, 3.63) is 23.8 Å². The molecule has 0 heterocycles. The second kappa shape index (κ2) is 3.05. The molecule has 10 heavy (non-hydrogen) atoms. The van der Waals surface area contributed by atoms with E-state index in [-0.39, 0.29) is 0 Å². The first kappa shape index (κ1) is 7.59. The molecular formula is C10H16. The predicted molar refractivity (Wildman–Crippen MR) is 45.8 cm³/mol. The van der Waals surface area contributed by atoms with Crippen molar-refractivity contribution in [3.8, 4) is 0 Å². The van der Waals surface area contributed by atoms with E-state index >= 15 is 0 Å². The van der Waals surface area contributed by atoms with Gasteiger partial charge in [0.25, 0.3) is 0 Å². The van der Waals surface area contributed by atoms with Gasteiger partial charge in [-0.3, -0.25) is 0 Å². The van der Waals surface area contributed by atoms with Crippen LogP contribution in [0.2, 0.25) is 0 Å². The molecule has 0 amide bonds. The third kappa shape index (κ3) is 1.50. The van der Waals surface area contributed by atoms with E-state index in [1.807, 2.05) is 0 Å². The van der Waals surface area contributed by atoms with Gasteiger partial charge in [-0.15, -0.1) is 0 Å². The highest BCUT2D eigenvalue weighted by Gasteiger charge is 2.08. The van der Waals surface area contributed by atoms with E-state index in [4.69, 9.17) is 0 Å². The minimum atomic E-state index is 0.670. The van der Waals surface area contributed by atoms with Gasteiger partial charge >= 0.3 is 0 Å². The largest absolute Gasteiger partial charge is 0.0776 e. The molecule has 0 saturated carbocycles. The lowest BCUT2D eigenvalue weighted by atomic mass is 9.99. The molecule has 2 unspecified atom stereocenters. The van der Waals surface area contributed by atoms with Crippen LogP contribution in [0.1, 0.15) is 27.2 Å². The summed E-state index contributed by atoms with van der Waals surface area (Å²) in [5.74, 6) is 1.42. The van der Waals surface area contributed by atoms with Crippen molar-refractivity contribution in [1.29, 1.82) is 0 Å². The highest BCUT2D eigenvalue weighted by atomic mass is 14.1. The van der Waals surface area contributed by atoms with Crippen molar-refractivity contribution in [2.45, 2.75) is 27.2 Å². The molecule has 0 aromatic carbocycles. The molecule has 0 fully saturated rings. The normalized spacial score (nSPS) is 26.7. The van der Waals surface area contributed by atoms with E-state index in [1.165, 1.54) is 12.0 Å². The second-order valence-corrected chi connectivity index (χ2v) is 3.19. The van der Waals surface area contributed by atoms with E-state index in [1.54, 1.807) is 0 Å². The lowest BCUT2D eigenvalue weighted by Gasteiger charge is -2.06. The van der Waals surface area contributed by atoms with Crippen LogP contribution in [0.15, 0.2) is 23.8 Å². The Bertz CT molecular complexity index is 163. The molecule has 0 bridgehead atoms. The van der Waals surface area contributed by atoms with Gasteiger partial charge in [0.15, 0.2) is 0 Å². The molecule has 0 aromatic rings. The smallest absolute Gasteiger partial charge is 0.00727 e. The molecule has 0 aromatic heterocycles. The van der Waals surface area contributed by atoms with Crippen molar-refractivity contribution >= 4 is 0 Å². The Kier molecular flexibility index (Phi) is 2.31. The van der Waals surface area contributed by atoms with Crippen LogP contribution < -0.4 is 0 Å². The molecule has 56 valence electrons. The summed E-state index contributed by atoms with van der Waals surface area (Å²) in [6, 6.07) is 0. The molecular weight excluding hydrogens is 120 g/mol. The van der Waals surface area contributed by atoms with Crippen LogP contribution in [-0.4, -0.2) is 0 Å². The SMILES string of the molecule is CCC(C)C1=CC(C)C=C1. The standard InChI is InChI=1S/C10H16/c1-4-9(3)10-6-5-8(2)7-10/h5-9H,4H2,1-3H3. The minimum absolute atomic E-state index is 0.670. The van der Waals surface area contributed by atoms with Gasteiger partial charge in [-0.1, -0.05) is 39.0 Å². The van der Waals surface area contributed by atoms with Gasteiger partial charge in [0, 0.05) is 0 Å². The first-order chi connectivity index (χ1) is 4.74. The van der Waals surface area contributed by atoms with E-state index < -0.39 is 0 Å². The summed E-state index contributed by atoms with van der Waals surface area (Å²) < 4.78 is 0. The molecule has 0 nitrogen and oxygen atoms in total. The Morgan fingerprint density at radius 2 is 2.30 bits per heavy atom. The zero-order chi connectivity index (χ0) is 7.56. The van der Waals surface area contributed by atoms with Crippen molar-refractivity contribution in [2.75, 3.05) is 0 Å². The summed E-state index contributed by atoms with van der Waals surface area (Å²) in [7, 11) is 0. The summed E-state index contributed by atoms with van der Waals surface area (Å²) in [6.07, 6.45) is 8.14. The number of hydrogen-bond donors (Lipinski definition) is 0. The van der Waals surface area contributed by atoms with E-state index in [0.717, 1.165) is 5.92 Å². The van der Waals surface area contributed by atoms with Crippen LogP contribution in [0.25, 0.3) is 0 Å². The minimum Gasteiger partial charge on any atom is -0.0776 e. The fourth-order valence-electron chi connectivity index (χ4n) is 1.24. The Hall–Kier alpha value is -0.520. The maximum Gasteiger partial charge on any atom is -0.00727 e. The van der Waals surface area contributed by atoms with Crippen molar-refractivity contribution in [2.24, 2.45) is 11.8 Å². The fraction of sp³-hybridized carbons (Fsp3) is 0.600. The molecule has 0 saturated heterocycles. The lowest BCUT2D eigenvalue weighted by molar-refractivity contribution is 0.669. The van der Waals surface area contributed by atoms with E-state index in [0.29, 0.717) is 5.92 Å². The molecule has 0 N–H and O–H groups in total. The maximum absolute atomic E-state index is 2.36. The number of hydrogen-bond acceptors (Lipinski definition) is 0. The Balaban J connectivity index is 2.58. The molecule has 1 aliphatic rings. The number of allylic oxidation sites excluding steroid dienone is 4. The van der Waals surface area contributed by atoms with E-state index in [2.05, 4.69) is 39.0 Å². The van der Waals surface area contributed by atoms with Gasteiger partial charge in [0.05, 0.1) is 0 Å². The molecule has 0 radical (unpaired) electrons. The van der Waals surface area contributed by atoms with Crippen LogP contribution in [0.3, 0.4) is 0 Å². The Morgan fingerprint density at radius 1 is 1.60 bits per heavy atom. The van der Waals surface area contributed by atoms with Gasteiger partial charge in [-0.2, -0.15) is 0 Å². The summed E-state index contributed by atoms with van der Waals surface area (Å²) in [6.45, 7) is 6.75. The zero-order valence-electron chi connectivity index (χ0n) is 7.09. The van der Waals surface area contributed by atoms with Crippen molar-refractivity contribution < 1.29 is 0 Å². The first-order valence-electron chi connectivity index (χ1n) is 4.14. The zero-order valence-corrected chi connectivity index (χ0v) is 7.09. The Labute approximate surface area is 63.6 Å². The predicted octanol–water partition coefficient (Wildman–Crippen LogP) is 3.16. The van der Waals surface area contributed by atoms with Gasteiger partial charge in [-0.25, -0.2) is 0 Å². The second-order valence-electron chi connectivity index (χ2n) is 3.19. The fourth-order valence-corrected chi connectivity index (χ4v) is 1.24. The van der Waals surface area contributed by atoms with Crippen LogP contribution in [0.5, 0.6) is 0 Å². The highest BCUT2D eigenvalue weighted by Crippen LogP contribution is 2.23. The van der Waals surface area contributed by atoms with Gasteiger partial charge in [-0.05, 0) is 23.8 Å². The molecule has 1 rings (SSSR count). The van der Waals surface area contributed by atoms with Crippen LogP contribution in [-0.2, 0) is 0 Å². The summed E-state index contributed by atoms with van der Waals surface area (Å²) in [4.78, 5) is 0. The molecule has 0 heteroatoms. The van der Waals surface area contributed by atoms with Gasteiger partial charge < -0.3 is 0 Å². The maximum atomic E-state index is 2.36. The van der Waals surface area contributed by atoms with Crippen LogP contribution >= 0.6 is 0 Å². The van der Waals surface area contributed by atoms with Crippen LogP contribution in [0, 0.1) is 11.8 Å². The molecule has 2 atom stereocenters. The van der Waals surface area contributed by atoms with Crippen molar-refractivity contribution in [3.63, 3.8) is 0 Å². The van der Waals surface area contributed by atoms with Gasteiger partial charge in [0.1, 0.15) is 0 Å². The molecule has 0 aliphatic heterocycles. The van der Waals surface area contributed by atoms with Crippen molar-refractivity contribution in [1.82, 2.24) is 0 Å². The average molecular weight is 136 g/mol. The third-order valence-electron chi connectivity index (χ3n) is 2.23. The monoisotopic (exact) mass is 136 g/mol. The summed E-state index contributed by atoms with van der Waals surface area (Å²) in [5.41, 5.74) is 1.52. The molecule has 1 aliphatic carbocycles. The average Bonchev–Trinajstić information content (AvgIpc) is 2.34. The Morgan fingerprint density at radius 3 is 2.70 bits per heavy atom. The third-order valence-corrected chi connectivity index (χ3v) is 2.23.